The van der Waals surface area contributed by atoms with Crippen LogP contribution in [0.15, 0.2) is 22.9 Å². The van der Waals surface area contributed by atoms with Gasteiger partial charge >= 0.3 is 6.09 Å². The van der Waals surface area contributed by atoms with Gasteiger partial charge in [-0.25, -0.2) is 14.2 Å². The molecule has 0 unspecified atom stereocenters. The number of rotatable bonds is 2. The van der Waals surface area contributed by atoms with Gasteiger partial charge in [0.05, 0.1) is 12.1 Å². The van der Waals surface area contributed by atoms with Crippen LogP contribution in [0.2, 0.25) is 0 Å². The Kier molecular flexibility index (Phi) is 4.44. The van der Waals surface area contributed by atoms with Crippen LogP contribution in [-0.4, -0.2) is 45.0 Å². The molecular weight excluding hydrogens is 395 g/mol. The average molecular weight is 413 g/mol. The summed E-state index contributed by atoms with van der Waals surface area (Å²) in [6.07, 6.45) is 2.75. The zero-order valence-corrected chi connectivity index (χ0v) is 15.6. The number of imidazole rings is 1. The summed E-state index contributed by atoms with van der Waals surface area (Å²) in [4.78, 5) is 29.6. The van der Waals surface area contributed by atoms with E-state index in [1.807, 2.05) is 0 Å². The fourth-order valence-corrected chi connectivity index (χ4v) is 2.85. The number of anilines is 1. The van der Waals surface area contributed by atoms with Crippen LogP contribution in [0.4, 0.5) is 15.0 Å². The van der Waals surface area contributed by atoms with E-state index in [2.05, 4.69) is 26.2 Å². The molecule has 9 heteroatoms. The number of hydrogen-bond donors (Lipinski definition) is 1. The Balaban J connectivity index is 1.59. The van der Waals surface area contributed by atoms with Gasteiger partial charge in [0, 0.05) is 23.8 Å². The molecule has 1 aliphatic heterocycles. The molecule has 2 aromatic rings. The number of halogens is 2. The zero-order valence-electron chi connectivity index (χ0n) is 14.0. The summed E-state index contributed by atoms with van der Waals surface area (Å²) in [6, 6.07) is 1.30. The van der Waals surface area contributed by atoms with Crippen molar-refractivity contribution in [1.29, 1.82) is 0 Å². The number of fused-ring (bicyclic) bond motifs is 1. The van der Waals surface area contributed by atoms with Gasteiger partial charge < -0.3 is 19.4 Å². The summed E-state index contributed by atoms with van der Waals surface area (Å²) < 4.78 is 21.1. The molecule has 0 aliphatic carbocycles. The molecule has 2 aromatic heterocycles. The maximum absolute atomic E-state index is 13.8. The van der Waals surface area contributed by atoms with E-state index in [0.717, 1.165) is 0 Å². The molecule has 2 amide bonds. The summed E-state index contributed by atoms with van der Waals surface area (Å²) in [5, 5.41) is 2.66. The molecular formula is C16H18BrFN4O3. The lowest BCUT2D eigenvalue weighted by molar-refractivity contribution is -0.124. The lowest BCUT2D eigenvalue weighted by atomic mass is 10.00. The molecule has 1 aliphatic rings. The van der Waals surface area contributed by atoms with E-state index in [0.29, 0.717) is 4.47 Å². The maximum atomic E-state index is 13.8. The summed E-state index contributed by atoms with van der Waals surface area (Å²) in [5.41, 5.74) is -0.443. The third kappa shape index (κ3) is 3.92. The van der Waals surface area contributed by atoms with Crippen molar-refractivity contribution in [3.63, 3.8) is 0 Å². The predicted octanol–water partition coefficient (Wildman–Crippen LogP) is 3.04. The highest BCUT2D eigenvalue weighted by atomic mass is 79.9. The minimum atomic E-state index is -0.570. The Morgan fingerprint density at radius 3 is 2.68 bits per heavy atom. The summed E-state index contributed by atoms with van der Waals surface area (Å²) in [6.45, 7) is 5.93. The van der Waals surface area contributed by atoms with E-state index < -0.39 is 17.5 Å². The van der Waals surface area contributed by atoms with E-state index in [1.165, 1.54) is 21.6 Å². The van der Waals surface area contributed by atoms with Crippen molar-refractivity contribution in [2.75, 3.05) is 18.4 Å². The third-order valence-electron chi connectivity index (χ3n) is 3.63. The Morgan fingerprint density at radius 2 is 2.04 bits per heavy atom. The lowest BCUT2D eigenvalue weighted by Gasteiger charge is -2.38. The van der Waals surface area contributed by atoms with Gasteiger partial charge in [0.1, 0.15) is 5.60 Å². The topological polar surface area (TPSA) is 75.9 Å². The number of nitrogens with zero attached hydrogens (tertiary/aromatic N) is 3. The maximum Gasteiger partial charge on any atom is 0.410 e. The Morgan fingerprint density at radius 1 is 1.36 bits per heavy atom. The molecule has 3 rings (SSSR count). The monoisotopic (exact) mass is 412 g/mol. The number of amides is 2. The van der Waals surface area contributed by atoms with Crippen molar-refractivity contribution in [3.8, 4) is 0 Å². The average Bonchev–Trinajstić information content (AvgIpc) is 2.77. The van der Waals surface area contributed by atoms with Crippen LogP contribution in [0, 0.1) is 11.7 Å². The number of carbonyl (C=O) groups is 2. The first kappa shape index (κ1) is 17.7. The molecule has 0 radical (unpaired) electrons. The molecule has 3 heterocycles. The van der Waals surface area contributed by atoms with Crippen molar-refractivity contribution < 1.29 is 18.7 Å². The molecule has 0 aromatic carbocycles. The van der Waals surface area contributed by atoms with Gasteiger partial charge in [-0.3, -0.25) is 4.79 Å². The molecule has 1 N–H and O–H groups in total. The summed E-state index contributed by atoms with van der Waals surface area (Å²) in [5.74, 6) is -0.830. The third-order valence-corrected chi connectivity index (χ3v) is 4.06. The molecule has 25 heavy (non-hydrogen) atoms. The first-order chi connectivity index (χ1) is 11.6. The van der Waals surface area contributed by atoms with Crippen molar-refractivity contribution >= 4 is 39.4 Å². The van der Waals surface area contributed by atoms with Gasteiger partial charge in [0.2, 0.25) is 5.91 Å². The minimum Gasteiger partial charge on any atom is -0.444 e. The molecule has 7 nitrogen and oxygen atoms in total. The predicted molar refractivity (Wildman–Crippen MR) is 92.8 cm³/mol. The summed E-state index contributed by atoms with van der Waals surface area (Å²) in [7, 11) is 0. The Labute approximate surface area is 152 Å². The number of aromatic nitrogens is 2. The molecule has 0 atom stereocenters. The van der Waals surface area contributed by atoms with Crippen LogP contribution in [-0.2, 0) is 9.53 Å². The second-order valence-electron chi connectivity index (χ2n) is 6.93. The van der Waals surface area contributed by atoms with Gasteiger partial charge in [-0.1, -0.05) is 0 Å². The smallest absolute Gasteiger partial charge is 0.410 e. The van der Waals surface area contributed by atoms with Crippen LogP contribution in [0.25, 0.3) is 5.65 Å². The first-order valence-electron chi connectivity index (χ1n) is 7.75. The van der Waals surface area contributed by atoms with Gasteiger partial charge in [0.25, 0.3) is 0 Å². The molecule has 1 fully saturated rings. The van der Waals surface area contributed by atoms with Crippen molar-refractivity contribution in [2.24, 2.45) is 5.92 Å². The van der Waals surface area contributed by atoms with Gasteiger partial charge in [-0.15, -0.1) is 0 Å². The highest BCUT2D eigenvalue weighted by Crippen LogP contribution is 2.22. The second kappa shape index (κ2) is 6.29. The molecule has 134 valence electrons. The van der Waals surface area contributed by atoms with Gasteiger partial charge in [-0.2, -0.15) is 0 Å². The molecule has 1 saturated heterocycles. The lowest BCUT2D eigenvalue weighted by Crippen LogP contribution is -2.55. The Hall–Kier alpha value is -2.16. The van der Waals surface area contributed by atoms with Crippen LogP contribution in [0.5, 0.6) is 0 Å². The fraction of sp³-hybridized carbons (Fsp3) is 0.438. The highest BCUT2D eigenvalue weighted by Gasteiger charge is 2.38. The Bertz CT molecular complexity index is 840. The number of likely N-dealkylation sites (tertiary alicyclic amines) is 1. The summed E-state index contributed by atoms with van der Waals surface area (Å²) >= 11 is 3.20. The van der Waals surface area contributed by atoms with E-state index >= 15 is 0 Å². The van der Waals surface area contributed by atoms with Gasteiger partial charge in [-0.05, 0) is 42.8 Å². The first-order valence-corrected chi connectivity index (χ1v) is 8.54. The SMILES string of the molecule is CC(C)(C)OC(=O)N1CC(C(=O)Nc2cn3cc(Br)cc(F)c3n2)C1. The number of nitrogens with one attached hydrogen (secondary N) is 1. The van der Waals surface area contributed by atoms with E-state index in [9.17, 15) is 14.0 Å². The van der Waals surface area contributed by atoms with Crippen LogP contribution in [0.1, 0.15) is 20.8 Å². The number of ether oxygens (including phenoxy) is 1. The van der Waals surface area contributed by atoms with Crippen LogP contribution in [0.3, 0.4) is 0 Å². The molecule has 0 bridgehead atoms. The second-order valence-corrected chi connectivity index (χ2v) is 7.85. The van der Waals surface area contributed by atoms with Crippen molar-refractivity contribution in [3.05, 3.63) is 28.7 Å². The van der Waals surface area contributed by atoms with Crippen LogP contribution < -0.4 is 5.32 Å². The minimum absolute atomic E-state index is 0.127. The molecule has 0 spiro atoms. The van der Waals surface area contributed by atoms with E-state index in [4.69, 9.17) is 4.74 Å². The number of pyridine rings is 1. The standard InChI is InChI=1S/C16H18BrFN4O3/c1-16(2,3)25-15(24)22-5-9(6-22)14(23)20-12-8-21-7-10(17)4-11(18)13(21)19-12/h4,7-9H,5-6H2,1-3H3,(H,20,23). The van der Waals surface area contributed by atoms with Crippen molar-refractivity contribution in [1.82, 2.24) is 14.3 Å². The quantitative estimate of drug-likeness (QED) is 0.822. The normalized spacial score (nSPS) is 15.2. The fourth-order valence-electron chi connectivity index (χ4n) is 2.43. The highest BCUT2D eigenvalue weighted by molar-refractivity contribution is 9.10. The van der Waals surface area contributed by atoms with Crippen LogP contribution >= 0.6 is 15.9 Å². The van der Waals surface area contributed by atoms with E-state index in [-0.39, 0.29) is 36.4 Å². The largest absolute Gasteiger partial charge is 0.444 e. The van der Waals surface area contributed by atoms with Gasteiger partial charge in [0.15, 0.2) is 17.3 Å². The molecule has 0 saturated carbocycles. The number of carbonyl (C=O) groups excluding carboxylic acids is 2. The van der Waals surface area contributed by atoms with E-state index in [1.54, 1.807) is 27.0 Å². The zero-order chi connectivity index (χ0) is 18.4. The van der Waals surface area contributed by atoms with Crippen molar-refractivity contribution in [2.45, 2.75) is 26.4 Å². The number of hydrogen-bond acceptors (Lipinski definition) is 4.